The number of nitrogens with zero attached hydrogens (tertiary/aromatic N) is 1. The number of likely N-dealkylation sites (tertiary alicyclic amines) is 1. The first-order chi connectivity index (χ1) is 7.66. The normalized spacial score (nSPS) is 38.8. The second-order valence-electron chi connectivity index (χ2n) is 6.04. The third-order valence-electron chi connectivity index (χ3n) is 4.41. The van der Waals surface area contributed by atoms with Gasteiger partial charge in [0.25, 0.3) is 0 Å². The van der Waals surface area contributed by atoms with Crippen LogP contribution >= 0.6 is 0 Å². The Labute approximate surface area is 100 Å². The van der Waals surface area contributed by atoms with Crippen LogP contribution in [-0.2, 0) is 0 Å². The lowest BCUT2D eigenvalue weighted by Crippen LogP contribution is -2.42. The zero-order chi connectivity index (χ0) is 11.5. The molecule has 0 amide bonds. The number of aliphatic hydroxyl groups excluding tert-OH is 1. The minimum Gasteiger partial charge on any atom is -0.393 e. The Morgan fingerprint density at radius 3 is 2.75 bits per heavy atom. The highest BCUT2D eigenvalue weighted by Crippen LogP contribution is 2.33. The summed E-state index contributed by atoms with van der Waals surface area (Å²) in [4.78, 5) is 2.71. The Kier molecular flexibility index (Phi) is 4.26. The lowest BCUT2D eigenvalue weighted by atomic mass is 9.85. The van der Waals surface area contributed by atoms with E-state index < -0.39 is 0 Å². The van der Waals surface area contributed by atoms with Gasteiger partial charge in [-0.1, -0.05) is 19.8 Å². The van der Waals surface area contributed by atoms with Crippen LogP contribution in [0.5, 0.6) is 0 Å². The fraction of sp³-hybridized carbons (Fsp3) is 1.00. The summed E-state index contributed by atoms with van der Waals surface area (Å²) in [5.74, 6) is 0.909. The molecule has 0 aromatic heterocycles. The number of hydrogen-bond acceptors (Lipinski definition) is 2. The summed E-state index contributed by atoms with van der Waals surface area (Å²) < 4.78 is 0. The number of rotatable bonds is 3. The van der Waals surface area contributed by atoms with Crippen molar-refractivity contribution in [1.82, 2.24) is 4.90 Å². The maximum atomic E-state index is 9.55. The molecular weight excluding hydrogens is 198 g/mol. The van der Waals surface area contributed by atoms with Gasteiger partial charge in [-0.25, -0.2) is 0 Å². The molecule has 1 aliphatic carbocycles. The molecule has 1 saturated carbocycles. The second kappa shape index (κ2) is 5.50. The van der Waals surface area contributed by atoms with E-state index >= 15 is 0 Å². The van der Waals surface area contributed by atoms with Crippen molar-refractivity contribution < 1.29 is 5.11 Å². The summed E-state index contributed by atoms with van der Waals surface area (Å²) in [6.07, 6.45) is 9.08. The molecule has 2 rings (SSSR count). The molecule has 0 aromatic rings. The number of hydrogen-bond donors (Lipinski definition) is 1. The third kappa shape index (κ3) is 2.98. The van der Waals surface area contributed by atoms with Gasteiger partial charge in [0.05, 0.1) is 6.10 Å². The summed E-state index contributed by atoms with van der Waals surface area (Å²) in [6.45, 7) is 5.60. The molecule has 16 heavy (non-hydrogen) atoms. The van der Waals surface area contributed by atoms with Crippen molar-refractivity contribution in [3.8, 4) is 0 Å². The Morgan fingerprint density at radius 1 is 1.25 bits per heavy atom. The van der Waals surface area contributed by atoms with Crippen molar-refractivity contribution >= 4 is 0 Å². The maximum absolute atomic E-state index is 9.55. The van der Waals surface area contributed by atoms with Crippen LogP contribution < -0.4 is 0 Å². The van der Waals surface area contributed by atoms with Gasteiger partial charge in [0.15, 0.2) is 0 Å². The predicted molar refractivity (Wildman–Crippen MR) is 67.4 cm³/mol. The van der Waals surface area contributed by atoms with Gasteiger partial charge in [0.2, 0.25) is 0 Å². The van der Waals surface area contributed by atoms with Crippen LogP contribution in [0.3, 0.4) is 0 Å². The van der Waals surface area contributed by atoms with E-state index in [2.05, 4.69) is 11.8 Å². The summed E-state index contributed by atoms with van der Waals surface area (Å²) in [5.41, 5.74) is 0. The van der Waals surface area contributed by atoms with E-state index in [0.29, 0.717) is 6.04 Å². The molecule has 0 spiro atoms. The maximum Gasteiger partial charge on any atom is 0.0527 e. The molecule has 2 nitrogen and oxygen atoms in total. The standard InChI is InChI=1S/C14H27NO/c1-11-5-3-6-13(9-11)15-8-4-7-14(15)10-12(2)16/h11-14,16H,3-10H2,1-2H3. The van der Waals surface area contributed by atoms with E-state index in [1.54, 1.807) is 0 Å². The van der Waals surface area contributed by atoms with Crippen LogP contribution in [0, 0.1) is 5.92 Å². The SMILES string of the molecule is CC(O)CC1CCCN1C1CCCC(C)C1. The van der Waals surface area contributed by atoms with Gasteiger partial charge < -0.3 is 5.11 Å². The largest absolute Gasteiger partial charge is 0.393 e. The second-order valence-corrected chi connectivity index (χ2v) is 6.04. The lowest BCUT2D eigenvalue weighted by Gasteiger charge is -2.38. The molecule has 2 heteroatoms. The van der Waals surface area contributed by atoms with E-state index in [0.717, 1.165) is 18.4 Å². The average molecular weight is 225 g/mol. The highest BCUT2D eigenvalue weighted by molar-refractivity contribution is 4.88. The van der Waals surface area contributed by atoms with E-state index in [4.69, 9.17) is 0 Å². The van der Waals surface area contributed by atoms with Crippen LogP contribution in [0.2, 0.25) is 0 Å². The Balaban J connectivity index is 1.91. The molecule has 1 heterocycles. The molecule has 1 N–H and O–H groups in total. The average Bonchev–Trinajstić information content (AvgIpc) is 2.65. The van der Waals surface area contributed by atoms with Gasteiger partial charge in [-0.05, 0) is 51.5 Å². The van der Waals surface area contributed by atoms with Gasteiger partial charge >= 0.3 is 0 Å². The Morgan fingerprint density at radius 2 is 2.06 bits per heavy atom. The molecule has 2 aliphatic rings. The van der Waals surface area contributed by atoms with Crippen LogP contribution in [0.25, 0.3) is 0 Å². The van der Waals surface area contributed by atoms with Gasteiger partial charge in [-0.2, -0.15) is 0 Å². The molecule has 0 radical (unpaired) electrons. The Hall–Kier alpha value is -0.0800. The molecule has 0 aromatic carbocycles. The first-order valence-corrected chi connectivity index (χ1v) is 7.10. The summed E-state index contributed by atoms with van der Waals surface area (Å²) in [5, 5.41) is 9.55. The van der Waals surface area contributed by atoms with E-state index in [1.165, 1.54) is 45.1 Å². The summed E-state index contributed by atoms with van der Waals surface area (Å²) in [6, 6.07) is 1.48. The monoisotopic (exact) mass is 225 g/mol. The van der Waals surface area contributed by atoms with E-state index in [1.807, 2.05) is 6.92 Å². The summed E-state index contributed by atoms with van der Waals surface area (Å²) in [7, 11) is 0. The van der Waals surface area contributed by atoms with Crippen LogP contribution in [0.15, 0.2) is 0 Å². The molecule has 94 valence electrons. The molecule has 4 unspecified atom stereocenters. The third-order valence-corrected chi connectivity index (χ3v) is 4.41. The van der Waals surface area contributed by atoms with E-state index in [9.17, 15) is 5.11 Å². The van der Waals surface area contributed by atoms with Crippen molar-refractivity contribution in [2.45, 2.75) is 77.0 Å². The van der Waals surface area contributed by atoms with Gasteiger partial charge in [-0.15, -0.1) is 0 Å². The molecule has 0 bridgehead atoms. The molecule has 2 fully saturated rings. The van der Waals surface area contributed by atoms with Crippen LogP contribution in [0.1, 0.15) is 58.8 Å². The van der Waals surface area contributed by atoms with Crippen molar-refractivity contribution in [3.63, 3.8) is 0 Å². The molecule has 1 saturated heterocycles. The Bertz CT molecular complexity index is 217. The van der Waals surface area contributed by atoms with Gasteiger partial charge in [-0.3, -0.25) is 4.90 Å². The van der Waals surface area contributed by atoms with Crippen molar-refractivity contribution in [1.29, 1.82) is 0 Å². The van der Waals surface area contributed by atoms with Gasteiger partial charge in [0.1, 0.15) is 0 Å². The lowest BCUT2D eigenvalue weighted by molar-refractivity contribution is 0.0840. The zero-order valence-electron chi connectivity index (χ0n) is 10.9. The number of aliphatic hydroxyl groups is 1. The van der Waals surface area contributed by atoms with Crippen molar-refractivity contribution in [2.24, 2.45) is 5.92 Å². The van der Waals surface area contributed by atoms with E-state index in [-0.39, 0.29) is 6.10 Å². The fourth-order valence-corrected chi connectivity index (χ4v) is 3.69. The zero-order valence-corrected chi connectivity index (χ0v) is 10.9. The summed E-state index contributed by atoms with van der Waals surface area (Å²) >= 11 is 0. The van der Waals surface area contributed by atoms with Crippen molar-refractivity contribution in [3.05, 3.63) is 0 Å². The molecule has 4 atom stereocenters. The quantitative estimate of drug-likeness (QED) is 0.798. The smallest absolute Gasteiger partial charge is 0.0527 e. The van der Waals surface area contributed by atoms with Crippen molar-refractivity contribution in [2.75, 3.05) is 6.54 Å². The first kappa shape index (κ1) is 12.4. The predicted octanol–water partition coefficient (Wildman–Crippen LogP) is 2.80. The van der Waals surface area contributed by atoms with Gasteiger partial charge in [0, 0.05) is 12.1 Å². The minimum absolute atomic E-state index is 0.133. The highest BCUT2D eigenvalue weighted by Gasteiger charge is 2.33. The highest BCUT2D eigenvalue weighted by atomic mass is 16.3. The van der Waals surface area contributed by atoms with Crippen LogP contribution in [0.4, 0.5) is 0 Å². The first-order valence-electron chi connectivity index (χ1n) is 7.10. The molecular formula is C14H27NO. The topological polar surface area (TPSA) is 23.5 Å². The molecule has 1 aliphatic heterocycles. The minimum atomic E-state index is -0.133. The van der Waals surface area contributed by atoms with Crippen LogP contribution in [-0.4, -0.2) is 34.7 Å². The fourth-order valence-electron chi connectivity index (χ4n) is 3.69.